The molecule has 1 aliphatic carbocycles. The van der Waals surface area contributed by atoms with Crippen molar-refractivity contribution in [1.82, 2.24) is 4.57 Å². The Kier molecular flexibility index (Phi) is 11.7. The van der Waals surface area contributed by atoms with Gasteiger partial charge >= 0.3 is 15.6 Å². The van der Waals surface area contributed by atoms with Crippen LogP contribution in [0.4, 0.5) is 18.9 Å². The Morgan fingerprint density at radius 1 is 0.759 bits per heavy atom. The molecule has 0 N–H and O–H groups in total. The topological polar surface area (TPSA) is 51.3 Å². The Hall–Kier alpha value is -4.10. The van der Waals surface area contributed by atoms with Crippen LogP contribution in [0.5, 0.6) is 0 Å². The lowest BCUT2D eigenvalue weighted by Gasteiger charge is -2.15. The van der Waals surface area contributed by atoms with Crippen LogP contribution in [0.15, 0.2) is 109 Å². The molecule has 1 aromatic heterocycles. The third kappa shape index (κ3) is 6.97. The molecule has 58 heavy (non-hydrogen) atoms. The summed E-state index contributed by atoms with van der Waals surface area (Å²) in [5.74, 6) is -0.405. The minimum Gasteiger partial charge on any atom is -1.00 e. The van der Waals surface area contributed by atoms with Gasteiger partial charge in [0.05, 0.1) is 16.5 Å². The van der Waals surface area contributed by atoms with E-state index < -0.39 is 21.4 Å². The first-order valence-electron chi connectivity index (χ1n) is 19.1. The van der Waals surface area contributed by atoms with E-state index in [2.05, 4.69) is 36.8 Å². The zero-order valence-electron chi connectivity index (χ0n) is 32.2. The summed E-state index contributed by atoms with van der Waals surface area (Å²) in [6.45, 7) is 8.49. The molecule has 8 rings (SSSR count). The van der Waals surface area contributed by atoms with Crippen molar-refractivity contribution < 1.29 is 54.3 Å². The van der Waals surface area contributed by atoms with Crippen LogP contribution in [0.2, 0.25) is 10.0 Å². The van der Waals surface area contributed by atoms with Crippen molar-refractivity contribution in [3.05, 3.63) is 141 Å². The predicted molar refractivity (Wildman–Crippen MR) is 228 cm³/mol. The number of hydrogen-bond acceptors (Lipinski definition) is 3. The van der Waals surface area contributed by atoms with Gasteiger partial charge in [-0.25, -0.2) is 0 Å². The molecule has 2 aliphatic rings. The highest BCUT2D eigenvalue weighted by Crippen LogP contribution is 2.46. The van der Waals surface area contributed by atoms with E-state index in [-0.39, 0.29) is 47.2 Å². The molecule has 0 amide bonds. The maximum Gasteiger partial charge on any atom is 0.534 e. The van der Waals surface area contributed by atoms with Crippen LogP contribution >= 0.6 is 23.2 Å². The normalized spacial score (nSPS) is 16.4. The number of fused-ring (bicyclic) bond motifs is 1. The highest BCUT2D eigenvalue weighted by Gasteiger charge is 2.50. The van der Waals surface area contributed by atoms with Crippen LogP contribution in [0.1, 0.15) is 76.1 Å². The van der Waals surface area contributed by atoms with Crippen LogP contribution in [-0.4, -0.2) is 34.8 Å². The average Bonchev–Trinajstić information content (AvgIpc) is 3.78. The highest BCUT2D eigenvalue weighted by molar-refractivity contribution is 7.87. The molecule has 0 radical (unpaired) electrons. The first-order chi connectivity index (χ1) is 27.3. The Balaban J connectivity index is 0.00000512. The molecular weight excluding hydrogens is 915 g/mol. The van der Waals surface area contributed by atoms with Gasteiger partial charge in [-0.1, -0.05) is 98.1 Å². The van der Waals surface area contributed by atoms with Crippen LogP contribution in [0.3, 0.4) is 0 Å². The van der Waals surface area contributed by atoms with Crippen LogP contribution in [-0.2, 0) is 14.3 Å². The molecule has 0 saturated carbocycles. The Morgan fingerprint density at radius 3 is 2.07 bits per heavy atom. The van der Waals surface area contributed by atoms with Crippen molar-refractivity contribution in [2.75, 3.05) is 0 Å². The van der Waals surface area contributed by atoms with Crippen LogP contribution in [0, 0.1) is 0 Å². The summed E-state index contributed by atoms with van der Waals surface area (Å²) in [6.07, 6.45) is 10.6. The fraction of sp³-hybridized carbons (Fsp3) is 0.239. The molecule has 0 fully saturated rings. The molecule has 0 bridgehead atoms. The van der Waals surface area contributed by atoms with Crippen molar-refractivity contribution in [2.24, 2.45) is 0 Å². The number of allylic oxidation sites excluding steroid dienone is 5. The number of rotatable bonds is 11. The van der Waals surface area contributed by atoms with E-state index >= 15 is 0 Å². The van der Waals surface area contributed by atoms with E-state index in [9.17, 15) is 21.6 Å². The quantitative estimate of drug-likeness (QED) is 0.0563. The smallest absolute Gasteiger partial charge is 0.534 e. The van der Waals surface area contributed by atoms with Gasteiger partial charge < -0.3 is 32.7 Å². The Labute approximate surface area is 362 Å². The molecule has 2 heterocycles. The first kappa shape index (κ1) is 42.0. The maximum absolute atomic E-state index is 14.2. The fourth-order valence-corrected chi connectivity index (χ4v) is 9.62. The van der Waals surface area contributed by atoms with Gasteiger partial charge in [0, 0.05) is 72.7 Å². The molecule has 6 aromatic rings. The molecule has 1 aliphatic heterocycles. The molecule has 300 valence electrons. The molecule has 5 aromatic carbocycles. The first-order valence-corrected chi connectivity index (χ1v) is 21.3. The third-order valence-corrected chi connectivity index (χ3v) is 12.7. The minimum absolute atomic E-state index is 0. The number of hydrogen-bond donors (Lipinski definition) is 0. The van der Waals surface area contributed by atoms with E-state index in [0.29, 0.717) is 21.2 Å². The largest absolute Gasteiger partial charge is 1.00 e. The summed E-state index contributed by atoms with van der Waals surface area (Å²) in [4.78, 5) is 0. The Bertz CT molecular complexity index is 2930. The molecule has 0 spiro atoms. The van der Waals surface area contributed by atoms with Crippen molar-refractivity contribution in [1.29, 1.82) is 0 Å². The van der Waals surface area contributed by atoms with Crippen LogP contribution in [0.25, 0.3) is 49.7 Å². The van der Waals surface area contributed by atoms with E-state index in [1.165, 1.54) is 0 Å². The summed E-state index contributed by atoms with van der Waals surface area (Å²) in [5.41, 5.74) is -0.483. The van der Waals surface area contributed by atoms with E-state index in [0.717, 1.165) is 80.4 Å². The van der Waals surface area contributed by atoms with E-state index in [1.54, 1.807) is 36.4 Å². The van der Waals surface area contributed by atoms with Gasteiger partial charge in [-0.05, 0) is 80.3 Å². The second kappa shape index (κ2) is 16.2. The van der Waals surface area contributed by atoms with Gasteiger partial charge in [0.25, 0.3) is 0 Å². The molecule has 2 atom stereocenters. The summed E-state index contributed by atoms with van der Waals surface area (Å²) < 4.78 is 78.0. The minimum atomic E-state index is -6.07. The lowest BCUT2D eigenvalue weighted by Crippen LogP contribution is -3.00. The van der Waals surface area contributed by atoms with Crippen molar-refractivity contribution in [2.45, 2.75) is 71.0 Å². The third-order valence-electron chi connectivity index (χ3n) is 11.1. The molecule has 12 heteroatoms. The van der Waals surface area contributed by atoms with E-state index in [1.807, 2.05) is 72.8 Å². The van der Waals surface area contributed by atoms with Crippen molar-refractivity contribution >= 4 is 94.4 Å². The van der Waals surface area contributed by atoms with Crippen LogP contribution < -0.4 is 29.3 Å². The Morgan fingerprint density at radius 2 is 1.38 bits per heavy atom. The monoisotopic (exact) mass is 954 g/mol. The van der Waals surface area contributed by atoms with Gasteiger partial charge in [-0.15, -0.1) is 0 Å². The molecule has 0 saturated heterocycles. The van der Waals surface area contributed by atoms with Crippen molar-refractivity contribution in [3.63, 3.8) is 0 Å². The lowest BCUT2D eigenvalue weighted by atomic mass is 10.0. The SMILES string of the molecule is CCCC(C)n1/c(=C/C=C2/C(OS(=O)(=O)C(F)(F)F)=C(\C=C\C3=[N+](C(C)CCC)c4ccc(Cl)c5cccc3c45)c3ccccc32)c2cccc3c(Cl)ccc1c32.[I-]. The summed E-state index contributed by atoms with van der Waals surface area (Å²) in [6, 6.07) is 26.7. The standard InChI is InChI=1S/C46H40Cl2F3N2O3S.HI/c1-5-11-27(3)52-39(35-17-9-15-33-37(47)21-25-41(52)43(33)35)23-19-31-29-13-7-8-14-30(29)32(45(31)56-57(54,55)46(49,50)51)20-24-40-36-18-10-16-34-38(48)22-26-42(44(34)36)53(40)28(4)12-6-2;/h7-10,13-28H,5-6,11-12H2,1-4H3;1H/q+1;/p-1. The number of benzene rings is 5. The van der Waals surface area contributed by atoms with Gasteiger partial charge in [-0.2, -0.15) is 26.2 Å². The molecule has 5 nitrogen and oxygen atoms in total. The number of nitrogens with zero attached hydrogens (tertiary/aromatic N) is 2. The zero-order chi connectivity index (χ0) is 40.4. The molecular formula is C46H40Cl2F3IN2O3S. The summed E-state index contributed by atoms with van der Waals surface area (Å²) >= 11 is 13.3. The number of aromatic nitrogens is 1. The van der Waals surface area contributed by atoms with Gasteiger partial charge in [0.1, 0.15) is 0 Å². The van der Waals surface area contributed by atoms with Gasteiger partial charge in [-0.3, -0.25) is 0 Å². The second-order valence-corrected chi connectivity index (χ2v) is 17.1. The maximum atomic E-state index is 14.2. The number of halogens is 6. The number of alkyl halides is 3. The zero-order valence-corrected chi connectivity index (χ0v) is 36.7. The van der Waals surface area contributed by atoms with Gasteiger partial charge in [0.2, 0.25) is 11.4 Å². The highest BCUT2D eigenvalue weighted by atomic mass is 127. The summed E-state index contributed by atoms with van der Waals surface area (Å²) in [7, 11) is -6.07. The van der Waals surface area contributed by atoms with Crippen molar-refractivity contribution in [3.8, 4) is 0 Å². The predicted octanol–water partition coefficient (Wildman–Crippen LogP) is 9.69. The average molecular weight is 956 g/mol. The van der Waals surface area contributed by atoms with Gasteiger partial charge in [0.15, 0.2) is 11.8 Å². The fourth-order valence-electron chi connectivity index (χ4n) is 8.68. The second-order valence-electron chi connectivity index (χ2n) is 14.7. The van der Waals surface area contributed by atoms with E-state index in [4.69, 9.17) is 27.4 Å². The summed E-state index contributed by atoms with van der Waals surface area (Å²) in [5, 5.41) is 6.70. The lowest BCUT2D eigenvalue weighted by molar-refractivity contribution is -0.476. The molecule has 2 unspecified atom stereocenters.